The standard InChI is InChI=1S/C24H31N3O3/c1-19-6-5-7-21(16-19)26-23(28)12-13-25-17-20-8-10-22(11-9-20)30-18-24(29)27-14-3-2-4-15-27/h5-11,16,25H,2-4,12-15,17-18H2,1H3,(H,26,28). The van der Waals surface area contributed by atoms with Crippen molar-refractivity contribution >= 4 is 17.5 Å². The maximum Gasteiger partial charge on any atom is 0.260 e. The summed E-state index contributed by atoms with van der Waals surface area (Å²) in [5, 5.41) is 6.19. The number of anilines is 1. The molecule has 0 bridgehead atoms. The van der Waals surface area contributed by atoms with Crippen LogP contribution >= 0.6 is 0 Å². The zero-order chi connectivity index (χ0) is 21.2. The van der Waals surface area contributed by atoms with Gasteiger partial charge in [-0.05, 0) is 61.6 Å². The Hall–Kier alpha value is -2.86. The molecule has 6 nitrogen and oxygen atoms in total. The van der Waals surface area contributed by atoms with Crippen LogP contribution in [0.2, 0.25) is 0 Å². The largest absolute Gasteiger partial charge is 0.484 e. The molecule has 1 aliphatic heterocycles. The van der Waals surface area contributed by atoms with E-state index in [0.717, 1.165) is 42.7 Å². The molecule has 6 heteroatoms. The molecule has 0 aliphatic carbocycles. The number of nitrogens with one attached hydrogen (secondary N) is 2. The third kappa shape index (κ3) is 7.19. The predicted octanol–water partition coefficient (Wildman–Crippen LogP) is 3.50. The van der Waals surface area contributed by atoms with Gasteiger partial charge in [0.15, 0.2) is 6.61 Å². The van der Waals surface area contributed by atoms with E-state index >= 15 is 0 Å². The number of ether oxygens (including phenoxy) is 1. The zero-order valence-electron chi connectivity index (χ0n) is 17.7. The van der Waals surface area contributed by atoms with Gasteiger partial charge in [-0.2, -0.15) is 0 Å². The molecule has 0 saturated carbocycles. The van der Waals surface area contributed by atoms with E-state index in [1.54, 1.807) is 0 Å². The first kappa shape index (κ1) is 21.8. The van der Waals surface area contributed by atoms with Crippen LogP contribution in [-0.2, 0) is 16.1 Å². The van der Waals surface area contributed by atoms with Crippen LogP contribution in [0.3, 0.4) is 0 Å². The van der Waals surface area contributed by atoms with Crippen LogP contribution in [0, 0.1) is 6.92 Å². The third-order valence-corrected chi connectivity index (χ3v) is 5.15. The Kier molecular flexibility index (Phi) is 8.27. The van der Waals surface area contributed by atoms with Gasteiger partial charge in [-0.25, -0.2) is 0 Å². The molecule has 0 spiro atoms. The molecular weight excluding hydrogens is 378 g/mol. The summed E-state index contributed by atoms with van der Waals surface area (Å²) < 4.78 is 5.63. The lowest BCUT2D eigenvalue weighted by Crippen LogP contribution is -2.38. The number of piperidine rings is 1. The highest BCUT2D eigenvalue weighted by Gasteiger charge is 2.16. The fraction of sp³-hybridized carbons (Fsp3) is 0.417. The lowest BCUT2D eigenvalue weighted by molar-refractivity contribution is -0.134. The summed E-state index contributed by atoms with van der Waals surface area (Å²) in [5.41, 5.74) is 3.05. The predicted molar refractivity (Wildman–Crippen MR) is 119 cm³/mol. The Morgan fingerprint density at radius 2 is 1.80 bits per heavy atom. The highest BCUT2D eigenvalue weighted by molar-refractivity contribution is 5.90. The minimum absolute atomic E-state index is 0.00443. The lowest BCUT2D eigenvalue weighted by Gasteiger charge is -2.26. The Bertz CT molecular complexity index is 830. The number of carbonyl (C=O) groups excluding carboxylic acids is 2. The molecule has 2 aromatic rings. The van der Waals surface area contributed by atoms with Crippen LogP contribution in [-0.4, -0.2) is 43.0 Å². The van der Waals surface area contributed by atoms with E-state index in [1.165, 1.54) is 6.42 Å². The number of rotatable bonds is 9. The van der Waals surface area contributed by atoms with E-state index in [9.17, 15) is 9.59 Å². The first-order valence-electron chi connectivity index (χ1n) is 10.7. The summed E-state index contributed by atoms with van der Waals surface area (Å²) in [6.45, 7) is 5.05. The quantitative estimate of drug-likeness (QED) is 0.622. The number of benzene rings is 2. The zero-order valence-corrected chi connectivity index (χ0v) is 17.7. The summed E-state index contributed by atoms with van der Waals surface area (Å²) >= 11 is 0. The molecular formula is C24H31N3O3. The smallest absolute Gasteiger partial charge is 0.260 e. The highest BCUT2D eigenvalue weighted by Crippen LogP contribution is 2.14. The van der Waals surface area contributed by atoms with Crippen molar-refractivity contribution < 1.29 is 14.3 Å². The second-order valence-electron chi connectivity index (χ2n) is 7.72. The molecule has 1 heterocycles. The van der Waals surface area contributed by atoms with Crippen molar-refractivity contribution in [3.63, 3.8) is 0 Å². The average molecular weight is 410 g/mol. The number of hydrogen-bond acceptors (Lipinski definition) is 4. The van der Waals surface area contributed by atoms with Gasteiger partial charge in [0.25, 0.3) is 5.91 Å². The fourth-order valence-electron chi connectivity index (χ4n) is 3.46. The van der Waals surface area contributed by atoms with E-state index in [4.69, 9.17) is 4.74 Å². The van der Waals surface area contributed by atoms with Crippen LogP contribution < -0.4 is 15.4 Å². The molecule has 0 aromatic heterocycles. The van der Waals surface area contributed by atoms with Crippen LogP contribution in [0.5, 0.6) is 5.75 Å². The molecule has 0 radical (unpaired) electrons. The number of amides is 2. The van der Waals surface area contributed by atoms with Crippen molar-refractivity contribution in [2.24, 2.45) is 0 Å². The third-order valence-electron chi connectivity index (χ3n) is 5.15. The monoisotopic (exact) mass is 409 g/mol. The molecule has 2 aromatic carbocycles. The average Bonchev–Trinajstić information content (AvgIpc) is 2.76. The second-order valence-corrected chi connectivity index (χ2v) is 7.72. The van der Waals surface area contributed by atoms with Crippen molar-refractivity contribution in [3.05, 3.63) is 59.7 Å². The molecule has 2 N–H and O–H groups in total. The first-order valence-corrected chi connectivity index (χ1v) is 10.7. The van der Waals surface area contributed by atoms with E-state index in [2.05, 4.69) is 10.6 Å². The van der Waals surface area contributed by atoms with Crippen LogP contribution in [0.4, 0.5) is 5.69 Å². The second kappa shape index (κ2) is 11.4. The Balaban J connectivity index is 1.32. The Morgan fingerprint density at radius 3 is 2.53 bits per heavy atom. The van der Waals surface area contributed by atoms with Gasteiger partial charge < -0.3 is 20.3 Å². The minimum atomic E-state index is -0.00443. The minimum Gasteiger partial charge on any atom is -0.484 e. The number of carbonyl (C=O) groups is 2. The number of nitrogens with zero attached hydrogens (tertiary/aromatic N) is 1. The maximum atomic E-state index is 12.2. The van der Waals surface area contributed by atoms with Gasteiger partial charge in [-0.1, -0.05) is 24.3 Å². The Morgan fingerprint density at radius 1 is 1.03 bits per heavy atom. The van der Waals surface area contributed by atoms with E-state index in [-0.39, 0.29) is 18.4 Å². The molecule has 3 rings (SSSR count). The molecule has 1 saturated heterocycles. The van der Waals surface area contributed by atoms with Crippen LogP contribution in [0.15, 0.2) is 48.5 Å². The maximum absolute atomic E-state index is 12.2. The normalized spacial score (nSPS) is 13.7. The number of likely N-dealkylation sites (tertiary alicyclic amines) is 1. The molecule has 160 valence electrons. The summed E-state index contributed by atoms with van der Waals surface area (Å²) in [7, 11) is 0. The lowest BCUT2D eigenvalue weighted by atomic mass is 10.1. The van der Waals surface area contributed by atoms with Crippen molar-refractivity contribution in [2.45, 2.75) is 39.2 Å². The van der Waals surface area contributed by atoms with E-state index in [1.807, 2.05) is 60.4 Å². The SMILES string of the molecule is Cc1cccc(NC(=O)CCNCc2ccc(OCC(=O)N3CCCCC3)cc2)c1. The van der Waals surface area contributed by atoms with E-state index < -0.39 is 0 Å². The molecule has 2 amide bonds. The van der Waals surface area contributed by atoms with Gasteiger partial charge in [0.05, 0.1) is 0 Å². The van der Waals surface area contributed by atoms with Gasteiger partial charge in [-0.3, -0.25) is 9.59 Å². The summed E-state index contributed by atoms with van der Waals surface area (Å²) in [6, 6.07) is 15.5. The first-order chi connectivity index (χ1) is 14.6. The van der Waals surface area contributed by atoms with Crippen LogP contribution in [0.25, 0.3) is 0 Å². The van der Waals surface area contributed by atoms with E-state index in [0.29, 0.717) is 25.3 Å². The molecule has 0 unspecified atom stereocenters. The molecule has 1 fully saturated rings. The van der Waals surface area contributed by atoms with Gasteiger partial charge >= 0.3 is 0 Å². The van der Waals surface area contributed by atoms with Gasteiger partial charge in [0.2, 0.25) is 5.91 Å². The molecule has 1 aliphatic rings. The van der Waals surface area contributed by atoms with Crippen molar-refractivity contribution in [3.8, 4) is 5.75 Å². The summed E-state index contributed by atoms with van der Waals surface area (Å²) in [6.07, 6.45) is 3.79. The van der Waals surface area contributed by atoms with Gasteiger partial charge in [0.1, 0.15) is 5.75 Å². The number of aryl methyl sites for hydroxylation is 1. The van der Waals surface area contributed by atoms with Crippen molar-refractivity contribution in [2.75, 3.05) is 31.6 Å². The summed E-state index contributed by atoms with van der Waals surface area (Å²) in [4.78, 5) is 26.1. The Labute approximate surface area is 178 Å². The molecule has 0 atom stereocenters. The van der Waals surface area contributed by atoms with Gasteiger partial charge in [0, 0.05) is 38.3 Å². The van der Waals surface area contributed by atoms with Crippen molar-refractivity contribution in [1.29, 1.82) is 0 Å². The fourth-order valence-corrected chi connectivity index (χ4v) is 3.46. The summed E-state index contributed by atoms with van der Waals surface area (Å²) in [5.74, 6) is 0.751. The van der Waals surface area contributed by atoms with Crippen LogP contribution in [0.1, 0.15) is 36.8 Å². The topological polar surface area (TPSA) is 70.7 Å². The molecule has 30 heavy (non-hydrogen) atoms. The van der Waals surface area contributed by atoms with Gasteiger partial charge in [-0.15, -0.1) is 0 Å². The van der Waals surface area contributed by atoms with Crippen molar-refractivity contribution in [1.82, 2.24) is 10.2 Å². The highest BCUT2D eigenvalue weighted by atomic mass is 16.5. The number of hydrogen-bond donors (Lipinski definition) is 2.